The molecule has 0 aromatic carbocycles. The topological polar surface area (TPSA) is 12.0 Å². The number of rotatable bonds is 8. The van der Waals surface area contributed by atoms with Crippen molar-refractivity contribution in [3.05, 3.63) is 95.8 Å². The predicted molar refractivity (Wildman–Crippen MR) is 120 cm³/mol. The molecule has 0 radical (unpaired) electrons. The second-order valence-corrected chi connectivity index (χ2v) is 7.26. The van der Waals surface area contributed by atoms with Crippen LogP contribution in [0.25, 0.3) is 0 Å². The Labute approximate surface area is 166 Å². The third kappa shape index (κ3) is 6.75. The van der Waals surface area contributed by atoms with Gasteiger partial charge in [-0.25, -0.2) is 0 Å². The van der Waals surface area contributed by atoms with Crippen molar-refractivity contribution in [3.8, 4) is 0 Å². The summed E-state index contributed by atoms with van der Waals surface area (Å²) in [6.45, 7) is 10.4. The molecule has 0 saturated heterocycles. The predicted octanol–water partition coefficient (Wildman–Crippen LogP) is 7.12. The molecular formula is C26H35N. The Balaban J connectivity index is 1.94. The van der Waals surface area contributed by atoms with Gasteiger partial charge in [-0.3, -0.25) is 0 Å². The SMILES string of the molecule is C=C/C(=C\C=C(/C)NC1C=CC(C(/C=C\CC)=C/C)=CC1)C1CC=CCC1. The van der Waals surface area contributed by atoms with E-state index in [0.29, 0.717) is 12.0 Å². The Morgan fingerprint density at radius 1 is 1.26 bits per heavy atom. The monoisotopic (exact) mass is 361 g/mol. The first kappa shape index (κ1) is 21.0. The fourth-order valence-corrected chi connectivity index (χ4v) is 3.57. The molecule has 1 nitrogen and oxygen atoms in total. The van der Waals surface area contributed by atoms with Crippen LogP contribution in [0.4, 0.5) is 0 Å². The molecule has 2 atom stereocenters. The maximum absolute atomic E-state index is 4.01. The summed E-state index contributed by atoms with van der Waals surface area (Å²) in [5.74, 6) is 0.618. The zero-order valence-electron chi connectivity index (χ0n) is 17.2. The van der Waals surface area contributed by atoms with E-state index >= 15 is 0 Å². The zero-order valence-corrected chi connectivity index (χ0v) is 17.2. The van der Waals surface area contributed by atoms with Crippen LogP contribution in [-0.4, -0.2) is 6.04 Å². The molecule has 0 heterocycles. The van der Waals surface area contributed by atoms with Gasteiger partial charge in [-0.1, -0.05) is 74.3 Å². The van der Waals surface area contributed by atoms with Crippen LogP contribution in [0.3, 0.4) is 0 Å². The molecule has 2 rings (SSSR count). The summed E-state index contributed by atoms with van der Waals surface area (Å²) in [5, 5.41) is 3.62. The molecule has 144 valence electrons. The van der Waals surface area contributed by atoms with E-state index in [2.05, 4.69) is 93.4 Å². The van der Waals surface area contributed by atoms with Crippen LogP contribution in [0.5, 0.6) is 0 Å². The van der Waals surface area contributed by atoms with Crippen LogP contribution in [0.2, 0.25) is 0 Å². The maximum Gasteiger partial charge on any atom is 0.0479 e. The Morgan fingerprint density at radius 2 is 2.11 bits per heavy atom. The highest BCUT2D eigenvalue weighted by Crippen LogP contribution is 2.26. The smallest absolute Gasteiger partial charge is 0.0479 e. The van der Waals surface area contributed by atoms with Gasteiger partial charge in [0.2, 0.25) is 0 Å². The first-order chi connectivity index (χ1) is 13.2. The van der Waals surface area contributed by atoms with Gasteiger partial charge in [0.15, 0.2) is 0 Å². The Hall–Kier alpha value is -2.28. The highest BCUT2D eigenvalue weighted by atomic mass is 14.9. The van der Waals surface area contributed by atoms with Gasteiger partial charge in [-0.2, -0.15) is 0 Å². The Bertz CT molecular complexity index is 706. The lowest BCUT2D eigenvalue weighted by molar-refractivity contribution is 0.563. The van der Waals surface area contributed by atoms with Crippen molar-refractivity contribution in [2.24, 2.45) is 5.92 Å². The van der Waals surface area contributed by atoms with Crippen molar-refractivity contribution in [2.45, 2.75) is 58.9 Å². The average molecular weight is 362 g/mol. The molecule has 2 aliphatic carbocycles. The summed E-state index contributed by atoms with van der Waals surface area (Å²) in [6.07, 6.45) is 30.1. The molecular weight excluding hydrogens is 326 g/mol. The minimum Gasteiger partial charge on any atom is -0.382 e. The third-order valence-corrected chi connectivity index (χ3v) is 5.19. The summed E-state index contributed by atoms with van der Waals surface area (Å²) in [6, 6.07) is 0.358. The van der Waals surface area contributed by atoms with Crippen LogP contribution >= 0.6 is 0 Å². The van der Waals surface area contributed by atoms with Gasteiger partial charge in [0.1, 0.15) is 0 Å². The minimum atomic E-state index is 0.358. The van der Waals surface area contributed by atoms with Crippen molar-refractivity contribution >= 4 is 0 Å². The van der Waals surface area contributed by atoms with Crippen molar-refractivity contribution < 1.29 is 0 Å². The number of hydrogen-bond acceptors (Lipinski definition) is 1. The first-order valence-electron chi connectivity index (χ1n) is 10.3. The van der Waals surface area contributed by atoms with E-state index in [1.54, 1.807) is 0 Å². The highest BCUT2D eigenvalue weighted by molar-refractivity contribution is 5.48. The molecule has 0 amide bonds. The molecule has 2 unspecified atom stereocenters. The summed E-state index contributed by atoms with van der Waals surface area (Å²) < 4.78 is 0. The number of hydrogen-bond donors (Lipinski definition) is 1. The molecule has 27 heavy (non-hydrogen) atoms. The molecule has 0 aromatic heterocycles. The maximum atomic E-state index is 4.01. The van der Waals surface area contributed by atoms with Gasteiger partial charge in [-0.15, -0.1) is 0 Å². The van der Waals surface area contributed by atoms with E-state index in [0.717, 1.165) is 19.3 Å². The lowest BCUT2D eigenvalue weighted by Crippen LogP contribution is -2.26. The van der Waals surface area contributed by atoms with Crippen molar-refractivity contribution in [3.63, 3.8) is 0 Å². The van der Waals surface area contributed by atoms with E-state index < -0.39 is 0 Å². The summed E-state index contributed by atoms with van der Waals surface area (Å²) >= 11 is 0. The van der Waals surface area contributed by atoms with Gasteiger partial charge in [-0.05, 0) is 74.7 Å². The van der Waals surface area contributed by atoms with Crippen LogP contribution in [0.1, 0.15) is 52.9 Å². The Morgan fingerprint density at radius 3 is 2.70 bits per heavy atom. The molecule has 0 spiro atoms. The molecule has 0 bridgehead atoms. The summed E-state index contributed by atoms with van der Waals surface area (Å²) in [4.78, 5) is 0. The molecule has 2 aliphatic rings. The average Bonchev–Trinajstić information content (AvgIpc) is 2.71. The highest BCUT2D eigenvalue weighted by Gasteiger charge is 2.12. The number of allylic oxidation sites excluding steroid dienone is 13. The Kier molecular flexibility index (Phi) is 8.91. The van der Waals surface area contributed by atoms with E-state index in [4.69, 9.17) is 0 Å². The fourth-order valence-electron chi connectivity index (χ4n) is 3.57. The molecule has 0 aromatic rings. The normalized spacial score (nSPS) is 24.3. The van der Waals surface area contributed by atoms with Crippen LogP contribution in [0, 0.1) is 5.92 Å². The van der Waals surface area contributed by atoms with Gasteiger partial charge >= 0.3 is 0 Å². The summed E-state index contributed by atoms with van der Waals surface area (Å²) in [5.41, 5.74) is 5.17. The zero-order chi connectivity index (χ0) is 19.5. The van der Waals surface area contributed by atoms with E-state index in [1.165, 1.54) is 35.3 Å². The molecule has 0 aliphatic heterocycles. The first-order valence-corrected chi connectivity index (χ1v) is 10.3. The largest absolute Gasteiger partial charge is 0.382 e. The molecule has 0 saturated carbocycles. The van der Waals surface area contributed by atoms with Crippen molar-refractivity contribution in [1.29, 1.82) is 0 Å². The van der Waals surface area contributed by atoms with Gasteiger partial charge < -0.3 is 5.32 Å². The van der Waals surface area contributed by atoms with Gasteiger partial charge in [0.25, 0.3) is 0 Å². The van der Waals surface area contributed by atoms with E-state index in [-0.39, 0.29) is 0 Å². The van der Waals surface area contributed by atoms with Gasteiger partial charge in [0, 0.05) is 11.7 Å². The van der Waals surface area contributed by atoms with Crippen LogP contribution < -0.4 is 5.32 Å². The standard InChI is InChI=1S/C26H35N/c1-5-8-12-22(6-2)25-17-19-26(20-18-25)27-21(4)15-16-23(7-3)24-13-10-9-11-14-24/h6-10,12,15-19,24,26-27H,3,5,11,13-14,20H2,1-2,4H3/b12-8-,21-15+,22-6+,23-16+. The third-order valence-electron chi connectivity index (χ3n) is 5.19. The summed E-state index contributed by atoms with van der Waals surface area (Å²) in [7, 11) is 0. The lowest BCUT2D eigenvalue weighted by atomic mass is 9.87. The molecule has 1 heteroatoms. The second-order valence-electron chi connectivity index (χ2n) is 7.26. The van der Waals surface area contributed by atoms with E-state index in [9.17, 15) is 0 Å². The number of nitrogens with one attached hydrogen (secondary N) is 1. The van der Waals surface area contributed by atoms with Crippen molar-refractivity contribution in [2.75, 3.05) is 0 Å². The lowest BCUT2D eigenvalue weighted by Gasteiger charge is -2.20. The van der Waals surface area contributed by atoms with Crippen LogP contribution in [0.15, 0.2) is 95.8 Å². The van der Waals surface area contributed by atoms with Gasteiger partial charge in [0.05, 0.1) is 0 Å². The fraction of sp³-hybridized carbons (Fsp3) is 0.385. The van der Waals surface area contributed by atoms with Crippen LogP contribution in [-0.2, 0) is 0 Å². The van der Waals surface area contributed by atoms with E-state index in [1.807, 2.05) is 6.08 Å². The molecule has 1 N–H and O–H groups in total. The molecule has 0 fully saturated rings. The minimum absolute atomic E-state index is 0.358. The second kappa shape index (κ2) is 11.4. The quantitative estimate of drug-likeness (QED) is 0.358. The van der Waals surface area contributed by atoms with Crippen molar-refractivity contribution in [1.82, 2.24) is 5.32 Å².